The minimum absolute atomic E-state index is 0.173. The van der Waals surface area contributed by atoms with Gasteiger partial charge in [-0.2, -0.15) is 0 Å². The molecule has 0 bridgehead atoms. The smallest absolute Gasteiger partial charge is 0.146 e. The Labute approximate surface area is 220 Å². The summed E-state index contributed by atoms with van der Waals surface area (Å²) in [6.07, 6.45) is 8.28. The minimum atomic E-state index is 0.173. The summed E-state index contributed by atoms with van der Waals surface area (Å²) in [6, 6.07) is 5.06. The standard InChI is InChI=1S/C29H39ClN6/c1-17(2)24-25(18(3)9-11-31-24)36-16-33-27(35-15-19(4)32-14-20(35)5)22-12-23(30)26(34-28(22)36)29-10-7-6-8-21(29)13-29/h9,11-12,17,19-21,32H,6-8,10,13-16H2,1-5H3/t19-,20+,21?,29?/m1/s1. The largest absolute Gasteiger partial charge is 0.351 e. The number of halogens is 1. The number of amidine groups is 1. The predicted octanol–water partition coefficient (Wildman–Crippen LogP) is 5.93. The maximum absolute atomic E-state index is 7.11. The lowest BCUT2D eigenvalue weighted by atomic mass is 9.85. The van der Waals surface area contributed by atoms with Crippen LogP contribution in [0.5, 0.6) is 0 Å². The molecule has 36 heavy (non-hydrogen) atoms. The topological polar surface area (TPSA) is 56.7 Å². The van der Waals surface area contributed by atoms with Crippen LogP contribution >= 0.6 is 11.6 Å². The Morgan fingerprint density at radius 2 is 2.06 bits per heavy atom. The fourth-order valence-corrected chi connectivity index (χ4v) is 7.22. The van der Waals surface area contributed by atoms with Crippen molar-refractivity contribution in [2.45, 2.75) is 90.1 Å². The van der Waals surface area contributed by atoms with Crippen molar-refractivity contribution in [1.82, 2.24) is 20.2 Å². The van der Waals surface area contributed by atoms with Gasteiger partial charge < -0.3 is 15.1 Å². The highest BCUT2D eigenvalue weighted by Crippen LogP contribution is 2.63. The van der Waals surface area contributed by atoms with E-state index in [0.29, 0.717) is 24.7 Å². The van der Waals surface area contributed by atoms with Crippen LogP contribution in [0.2, 0.25) is 5.02 Å². The first-order chi connectivity index (χ1) is 17.3. The van der Waals surface area contributed by atoms with Gasteiger partial charge >= 0.3 is 0 Å². The van der Waals surface area contributed by atoms with Crippen LogP contribution in [0.1, 0.15) is 88.2 Å². The highest BCUT2D eigenvalue weighted by molar-refractivity contribution is 6.32. The summed E-state index contributed by atoms with van der Waals surface area (Å²) >= 11 is 7.11. The Morgan fingerprint density at radius 1 is 1.22 bits per heavy atom. The summed E-state index contributed by atoms with van der Waals surface area (Å²) in [6.45, 7) is 13.5. The zero-order valence-corrected chi connectivity index (χ0v) is 23.1. The molecule has 6 rings (SSSR count). The van der Waals surface area contributed by atoms with Crippen molar-refractivity contribution in [3.8, 4) is 0 Å². The molecule has 1 saturated heterocycles. The molecule has 0 spiro atoms. The normalized spacial score (nSPS) is 29.6. The van der Waals surface area contributed by atoms with Crippen molar-refractivity contribution in [2.24, 2.45) is 10.9 Å². The number of pyridine rings is 2. The van der Waals surface area contributed by atoms with Gasteiger partial charge in [-0.05, 0) is 69.6 Å². The maximum atomic E-state index is 7.11. The Kier molecular flexibility index (Phi) is 6.03. The fraction of sp³-hybridized carbons (Fsp3) is 0.621. The average Bonchev–Trinajstić information content (AvgIpc) is 3.60. The Hall–Kier alpha value is -2.18. The molecule has 4 heterocycles. The molecule has 0 amide bonds. The molecule has 2 unspecified atom stereocenters. The first kappa shape index (κ1) is 24.2. The molecule has 0 radical (unpaired) electrons. The molecule has 2 aromatic heterocycles. The quantitative estimate of drug-likeness (QED) is 0.559. The number of nitrogens with zero attached hydrogens (tertiary/aromatic N) is 5. The monoisotopic (exact) mass is 506 g/mol. The van der Waals surface area contributed by atoms with Gasteiger partial charge in [-0.1, -0.05) is 38.3 Å². The molecular formula is C29H39ClN6. The Bertz CT molecular complexity index is 1210. The third-order valence-corrected chi connectivity index (χ3v) is 9.24. The molecule has 6 nitrogen and oxygen atoms in total. The second-order valence-corrected chi connectivity index (χ2v) is 12.3. The number of fused-ring (bicyclic) bond motifs is 2. The lowest BCUT2D eigenvalue weighted by Gasteiger charge is -2.42. The van der Waals surface area contributed by atoms with E-state index in [1.54, 1.807) is 0 Å². The number of aliphatic imine (C=N–C) groups is 1. The molecule has 1 N–H and O–H groups in total. The van der Waals surface area contributed by atoms with E-state index in [1.165, 1.54) is 37.7 Å². The third-order valence-electron chi connectivity index (χ3n) is 8.95. The highest BCUT2D eigenvalue weighted by atomic mass is 35.5. The number of hydrogen-bond acceptors (Lipinski definition) is 6. The summed E-state index contributed by atoms with van der Waals surface area (Å²) in [4.78, 5) is 20.3. The van der Waals surface area contributed by atoms with Crippen LogP contribution in [0.25, 0.3) is 0 Å². The summed E-state index contributed by atoms with van der Waals surface area (Å²) in [5.74, 6) is 3.07. The Balaban J connectivity index is 1.52. The van der Waals surface area contributed by atoms with Gasteiger partial charge in [-0.15, -0.1) is 0 Å². The van der Waals surface area contributed by atoms with Crippen LogP contribution < -0.4 is 10.2 Å². The van der Waals surface area contributed by atoms with E-state index >= 15 is 0 Å². The fourth-order valence-electron chi connectivity index (χ4n) is 6.88. The van der Waals surface area contributed by atoms with E-state index < -0.39 is 0 Å². The molecular weight excluding hydrogens is 468 g/mol. The second-order valence-electron chi connectivity index (χ2n) is 11.9. The molecule has 2 aliphatic heterocycles. The number of aryl methyl sites for hydroxylation is 1. The summed E-state index contributed by atoms with van der Waals surface area (Å²) in [7, 11) is 0. The first-order valence-corrected chi connectivity index (χ1v) is 14.2. The number of rotatable bonds is 3. The van der Waals surface area contributed by atoms with E-state index in [1.807, 2.05) is 6.20 Å². The van der Waals surface area contributed by atoms with Crippen molar-refractivity contribution in [3.63, 3.8) is 0 Å². The van der Waals surface area contributed by atoms with Crippen molar-refractivity contribution in [1.29, 1.82) is 0 Å². The number of nitrogens with one attached hydrogen (secondary N) is 1. The van der Waals surface area contributed by atoms with Gasteiger partial charge in [-0.3, -0.25) is 4.98 Å². The van der Waals surface area contributed by atoms with Crippen molar-refractivity contribution in [3.05, 3.63) is 45.9 Å². The number of hydrogen-bond donors (Lipinski definition) is 1. The van der Waals surface area contributed by atoms with Crippen LogP contribution in [-0.4, -0.2) is 52.5 Å². The van der Waals surface area contributed by atoms with Crippen LogP contribution in [0.15, 0.2) is 23.3 Å². The average molecular weight is 507 g/mol. The molecule has 2 aliphatic carbocycles. The molecule has 192 valence electrons. The SMILES string of the molecule is Cc1ccnc(C(C)C)c1N1CN=C(N2C[C@@H](C)NC[C@@H]2C)c2cc(Cl)c(C34CCCCC3C4)nc21. The van der Waals surface area contributed by atoms with Crippen LogP contribution in [0, 0.1) is 12.8 Å². The number of piperazine rings is 1. The summed E-state index contributed by atoms with van der Waals surface area (Å²) in [5, 5.41) is 4.42. The molecule has 0 aromatic carbocycles. The first-order valence-electron chi connectivity index (χ1n) is 13.8. The van der Waals surface area contributed by atoms with Crippen molar-refractivity contribution in [2.75, 3.05) is 24.7 Å². The van der Waals surface area contributed by atoms with E-state index in [4.69, 9.17) is 26.6 Å². The number of anilines is 2. The van der Waals surface area contributed by atoms with E-state index in [9.17, 15) is 0 Å². The number of aromatic nitrogens is 2. The van der Waals surface area contributed by atoms with Gasteiger partial charge in [0, 0.05) is 36.8 Å². The van der Waals surface area contributed by atoms with Gasteiger partial charge in [0.1, 0.15) is 18.3 Å². The lowest BCUT2D eigenvalue weighted by Crippen LogP contribution is -2.57. The molecule has 3 fully saturated rings. The van der Waals surface area contributed by atoms with Gasteiger partial charge in [-0.25, -0.2) is 9.98 Å². The second kappa shape index (κ2) is 8.98. The van der Waals surface area contributed by atoms with Gasteiger partial charge in [0.25, 0.3) is 0 Å². The van der Waals surface area contributed by atoms with Gasteiger partial charge in [0.2, 0.25) is 0 Å². The molecule has 4 atom stereocenters. The zero-order chi connectivity index (χ0) is 25.2. The van der Waals surface area contributed by atoms with Crippen molar-refractivity contribution < 1.29 is 0 Å². The maximum Gasteiger partial charge on any atom is 0.146 e. The lowest BCUT2D eigenvalue weighted by molar-refractivity contribution is 0.234. The van der Waals surface area contributed by atoms with Gasteiger partial charge in [0.15, 0.2) is 0 Å². The van der Waals surface area contributed by atoms with Crippen LogP contribution in [0.4, 0.5) is 11.5 Å². The molecule has 4 aliphatic rings. The zero-order valence-electron chi connectivity index (χ0n) is 22.3. The Morgan fingerprint density at radius 3 is 2.83 bits per heavy atom. The van der Waals surface area contributed by atoms with Crippen LogP contribution in [-0.2, 0) is 5.41 Å². The molecule has 2 saturated carbocycles. The third kappa shape index (κ3) is 3.83. The minimum Gasteiger partial charge on any atom is -0.351 e. The summed E-state index contributed by atoms with van der Waals surface area (Å²) < 4.78 is 0. The summed E-state index contributed by atoms with van der Waals surface area (Å²) in [5.41, 5.74) is 5.80. The molecule has 7 heteroatoms. The van der Waals surface area contributed by atoms with Crippen LogP contribution in [0.3, 0.4) is 0 Å². The van der Waals surface area contributed by atoms with Gasteiger partial charge in [0.05, 0.1) is 27.7 Å². The van der Waals surface area contributed by atoms with E-state index in [0.717, 1.165) is 58.3 Å². The van der Waals surface area contributed by atoms with E-state index in [-0.39, 0.29) is 5.41 Å². The highest BCUT2D eigenvalue weighted by Gasteiger charge is 2.58. The van der Waals surface area contributed by atoms with Crippen molar-refractivity contribution >= 4 is 28.9 Å². The predicted molar refractivity (Wildman–Crippen MR) is 148 cm³/mol. The van der Waals surface area contributed by atoms with E-state index in [2.05, 4.69) is 61.9 Å². The molecule has 2 aromatic rings.